The minimum Gasteiger partial charge on any atom is -0.246 e. The Labute approximate surface area is 136 Å². The summed E-state index contributed by atoms with van der Waals surface area (Å²) in [6, 6.07) is 0. The largest absolute Gasteiger partial charge is 0.246 e. The third kappa shape index (κ3) is 3.62. The summed E-state index contributed by atoms with van der Waals surface area (Å²) in [5.74, 6) is 2.50. The van der Waals surface area contributed by atoms with Gasteiger partial charge in [-0.2, -0.15) is 0 Å². The van der Waals surface area contributed by atoms with Crippen molar-refractivity contribution in [3.8, 4) is 0 Å². The van der Waals surface area contributed by atoms with Gasteiger partial charge in [-0.05, 0) is 55.8 Å². The normalized spacial score (nSPS) is 46.4. The predicted molar refractivity (Wildman–Crippen MR) is 88.8 cm³/mol. The molecule has 3 aliphatic rings. The minimum absolute atomic E-state index is 0.142. The molecule has 0 saturated heterocycles. The molecule has 0 aromatic rings. The number of halogens is 2. The lowest BCUT2D eigenvalue weighted by Gasteiger charge is -2.43. The summed E-state index contributed by atoms with van der Waals surface area (Å²) >= 11 is 6.18. The fraction of sp³-hybridized carbons (Fsp3) is 1.00. The third-order valence-corrected chi connectivity index (χ3v) is 7.26. The zero-order valence-electron chi connectivity index (χ0n) is 13.2. The van der Waals surface area contributed by atoms with E-state index in [1.54, 1.807) is 0 Å². The highest BCUT2D eigenvalue weighted by Crippen LogP contribution is 2.47. The summed E-state index contributed by atoms with van der Waals surface area (Å²) in [6.07, 6.45) is 13.3. The summed E-state index contributed by atoms with van der Waals surface area (Å²) in [5, 5.41) is -0.459. The Hall–Kier alpha value is 0.285. The van der Waals surface area contributed by atoms with Crippen molar-refractivity contribution in [1.82, 2.24) is 0 Å². The smallest absolute Gasteiger partial charge is 0.119 e. The first-order valence-electron chi connectivity index (χ1n) is 9.20. The molecule has 3 aliphatic carbocycles. The van der Waals surface area contributed by atoms with E-state index in [1.165, 1.54) is 57.8 Å². The van der Waals surface area contributed by atoms with E-state index in [9.17, 15) is 4.39 Å². The van der Waals surface area contributed by atoms with Crippen LogP contribution in [-0.2, 0) is 0 Å². The number of hydrogen-bond acceptors (Lipinski definition) is 0. The average molecular weight is 311 g/mol. The summed E-state index contributed by atoms with van der Waals surface area (Å²) in [6.45, 7) is 0. The Bertz CT molecular complexity index is 323. The van der Waals surface area contributed by atoms with Crippen molar-refractivity contribution in [2.24, 2.45) is 23.7 Å². The van der Waals surface area contributed by atoms with E-state index in [0.717, 1.165) is 24.7 Å². The first-order valence-corrected chi connectivity index (χ1v) is 9.64. The fourth-order valence-electron chi connectivity index (χ4n) is 5.32. The lowest BCUT2D eigenvalue weighted by atomic mass is 9.63. The van der Waals surface area contributed by atoms with Gasteiger partial charge in [0.25, 0.3) is 0 Å². The second-order valence-corrected chi connectivity index (χ2v) is 8.37. The van der Waals surface area contributed by atoms with Crippen LogP contribution in [0.2, 0.25) is 5.82 Å². The Morgan fingerprint density at radius 3 is 1.95 bits per heavy atom. The Morgan fingerprint density at radius 2 is 1.29 bits per heavy atom. The number of hydrogen-bond donors (Lipinski definition) is 0. The Morgan fingerprint density at radius 1 is 0.714 bits per heavy atom. The van der Waals surface area contributed by atoms with E-state index in [4.69, 9.17) is 19.4 Å². The van der Waals surface area contributed by atoms with Crippen molar-refractivity contribution in [3.05, 3.63) is 0 Å². The lowest BCUT2D eigenvalue weighted by Crippen LogP contribution is -2.40. The molecule has 4 unspecified atom stereocenters. The number of alkyl halides is 2. The topological polar surface area (TPSA) is 0 Å². The highest BCUT2D eigenvalue weighted by Gasteiger charge is 2.41. The van der Waals surface area contributed by atoms with Gasteiger partial charge in [-0.15, -0.1) is 11.6 Å². The predicted octanol–water partition coefficient (Wildman–Crippen LogP) is 5.69. The molecule has 118 valence electrons. The van der Waals surface area contributed by atoms with Crippen LogP contribution in [0.3, 0.4) is 0 Å². The van der Waals surface area contributed by atoms with Gasteiger partial charge < -0.3 is 0 Å². The van der Waals surface area contributed by atoms with Gasteiger partial charge in [-0.1, -0.05) is 44.3 Å². The van der Waals surface area contributed by atoms with E-state index in [2.05, 4.69) is 0 Å². The number of rotatable bonds is 2. The highest BCUT2D eigenvalue weighted by molar-refractivity contribution is 6.27. The van der Waals surface area contributed by atoms with E-state index in [0.29, 0.717) is 5.92 Å². The van der Waals surface area contributed by atoms with Crippen LogP contribution in [0.5, 0.6) is 0 Å². The molecule has 0 spiro atoms. The van der Waals surface area contributed by atoms with Crippen LogP contribution in [0.15, 0.2) is 0 Å². The summed E-state index contributed by atoms with van der Waals surface area (Å²) in [5.41, 5.74) is 0. The van der Waals surface area contributed by atoms with Crippen molar-refractivity contribution in [2.75, 3.05) is 0 Å². The van der Waals surface area contributed by atoms with Crippen molar-refractivity contribution < 1.29 is 4.39 Å². The van der Waals surface area contributed by atoms with E-state index in [-0.39, 0.29) is 11.7 Å². The molecule has 3 heteroatoms. The molecule has 0 aromatic heterocycles. The molecular formula is C18H29BClF. The zero-order chi connectivity index (χ0) is 14.8. The van der Waals surface area contributed by atoms with Crippen LogP contribution >= 0.6 is 11.6 Å². The molecule has 2 radical (unpaired) electrons. The molecule has 0 aromatic carbocycles. The van der Waals surface area contributed by atoms with Gasteiger partial charge in [0.1, 0.15) is 6.17 Å². The zero-order valence-corrected chi connectivity index (χ0v) is 13.9. The molecule has 0 N–H and O–H groups in total. The SMILES string of the molecule is [B]C1CCC(C2CCC(C3CCCCC3)CC2)C(F)C1Cl. The van der Waals surface area contributed by atoms with Crippen LogP contribution in [-0.4, -0.2) is 19.4 Å². The van der Waals surface area contributed by atoms with Crippen molar-refractivity contribution in [1.29, 1.82) is 0 Å². The maximum Gasteiger partial charge on any atom is 0.119 e. The highest BCUT2D eigenvalue weighted by atomic mass is 35.5. The molecule has 4 atom stereocenters. The maximum absolute atomic E-state index is 14.5. The van der Waals surface area contributed by atoms with Crippen LogP contribution in [0, 0.1) is 23.7 Å². The van der Waals surface area contributed by atoms with Crippen LogP contribution < -0.4 is 0 Å². The monoisotopic (exact) mass is 310 g/mol. The molecule has 0 nitrogen and oxygen atoms in total. The van der Waals surface area contributed by atoms with Gasteiger partial charge in [0.2, 0.25) is 0 Å². The van der Waals surface area contributed by atoms with E-state index >= 15 is 0 Å². The summed E-state index contributed by atoms with van der Waals surface area (Å²) in [7, 11) is 5.91. The quantitative estimate of drug-likeness (QED) is 0.454. The van der Waals surface area contributed by atoms with Gasteiger partial charge in [-0.3, -0.25) is 0 Å². The third-order valence-electron chi connectivity index (χ3n) is 6.69. The average Bonchev–Trinajstić information content (AvgIpc) is 2.54. The first kappa shape index (κ1) is 16.2. The Balaban J connectivity index is 1.51. The van der Waals surface area contributed by atoms with Crippen molar-refractivity contribution in [3.63, 3.8) is 0 Å². The van der Waals surface area contributed by atoms with Crippen molar-refractivity contribution >= 4 is 19.4 Å². The molecule has 21 heavy (non-hydrogen) atoms. The molecular weight excluding hydrogens is 281 g/mol. The fourth-order valence-corrected chi connectivity index (χ4v) is 5.63. The van der Waals surface area contributed by atoms with Gasteiger partial charge in [0.05, 0.1) is 13.2 Å². The second kappa shape index (κ2) is 7.24. The summed E-state index contributed by atoms with van der Waals surface area (Å²) < 4.78 is 14.5. The van der Waals surface area contributed by atoms with Crippen LogP contribution in [0.1, 0.15) is 70.6 Å². The van der Waals surface area contributed by atoms with Crippen LogP contribution in [0.25, 0.3) is 0 Å². The van der Waals surface area contributed by atoms with E-state index < -0.39 is 11.5 Å². The molecule has 3 saturated carbocycles. The maximum atomic E-state index is 14.5. The van der Waals surface area contributed by atoms with Crippen LogP contribution in [0.4, 0.5) is 4.39 Å². The molecule has 3 rings (SSSR count). The lowest BCUT2D eigenvalue weighted by molar-refractivity contribution is 0.0703. The molecule has 0 heterocycles. The molecule has 0 amide bonds. The van der Waals surface area contributed by atoms with Gasteiger partial charge >= 0.3 is 0 Å². The molecule has 0 aliphatic heterocycles. The second-order valence-electron chi connectivity index (χ2n) is 7.87. The molecule has 3 fully saturated rings. The van der Waals surface area contributed by atoms with Gasteiger partial charge in [0.15, 0.2) is 0 Å². The van der Waals surface area contributed by atoms with E-state index in [1.807, 2.05) is 0 Å². The Kier molecular flexibility index (Phi) is 5.57. The molecule has 0 bridgehead atoms. The van der Waals surface area contributed by atoms with Crippen molar-refractivity contribution in [2.45, 2.75) is 88.0 Å². The van der Waals surface area contributed by atoms with Gasteiger partial charge in [-0.25, -0.2) is 4.39 Å². The summed E-state index contributed by atoms with van der Waals surface area (Å²) in [4.78, 5) is 0. The van der Waals surface area contributed by atoms with Gasteiger partial charge in [0, 0.05) is 0 Å². The minimum atomic E-state index is -0.883. The standard InChI is InChI=1S/C18H29BClF/c19-16-11-10-15(18(21)17(16)20)14-8-6-13(7-9-14)12-4-2-1-3-5-12/h12-18H,1-11H2. The first-order chi connectivity index (χ1) is 10.2.